The zero-order valence-electron chi connectivity index (χ0n) is 17.1. The average molecular weight is 454 g/mol. The van der Waals surface area contributed by atoms with E-state index in [0.717, 1.165) is 16.0 Å². The molecular weight excluding hydrogens is 429 g/mol. The summed E-state index contributed by atoms with van der Waals surface area (Å²) in [7, 11) is 3.87. The van der Waals surface area contributed by atoms with Crippen molar-refractivity contribution in [3.63, 3.8) is 0 Å². The number of amides is 1. The van der Waals surface area contributed by atoms with Crippen LogP contribution in [0.25, 0.3) is 10.2 Å². The molecule has 0 aliphatic rings. The highest BCUT2D eigenvalue weighted by Gasteiger charge is 2.21. The van der Waals surface area contributed by atoms with Gasteiger partial charge in [0.25, 0.3) is 5.91 Å². The highest BCUT2D eigenvalue weighted by Crippen LogP contribution is 2.31. The molecule has 0 aliphatic heterocycles. The largest absolute Gasteiger partial charge is 0.494 e. The van der Waals surface area contributed by atoms with Gasteiger partial charge in [0.15, 0.2) is 23.3 Å². The Morgan fingerprint density at radius 2 is 1.90 bits per heavy atom. The second kappa shape index (κ2) is 11.1. The maximum atomic E-state index is 13.8. The zero-order chi connectivity index (χ0) is 20.8. The van der Waals surface area contributed by atoms with Gasteiger partial charge in [0, 0.05) is 13.1 Å². The van der Waals surface area contributed by atoms with E-state index in [-0.39, 0.29) is 30.7 Å². The van der Waals surface area contributed by atoms with E-state index in [9.17, 15) is 9.18 Å². The molecule has 0 atom stereocenters. The number of hydrogen-bond donors (Lipinski definition) is 0. The lowest BCUT2D eigenvalue weighted by Crippen LogP contribution is -2.39. The maximum absolute atomic E-state index is 13.8. The molecule has 0 unspecified atom stereocenters. The van der Waals surface area contributed by atoms with E-state index in [0.29, 0.717) is 24.8 Å². The van der Waals surface area contributed by atoms with Crippen molar-refractivity contribution < 1.29 is 18.7 Å². The van der Waals surface area contributed by atoms with Gasteiger partial charge in [-0.1, -0.05) is 23.5 Å². The van der Waals surface area contributed by atoms with Crippen molar-refractivity contribution in [2.75, 3.05) is 45.3 Å². The first kappa shape index (κ1) is 23.9. The molecule has 9 heteroatoms. The molecule has 3 rings (SSSR count). The van der Waals surface area contributed by atoms with Crippen LogP contribution in [-0.2, 0) is 4.79 Å². The van der Waals surface area contributed by atoms with Gasteiger partial charge in [-0.15, -0.1) is 12.4 Å². The Bertz CT molecular complexity index is 983. The number of benzene rings is 2. The molecule has 0 aliphatic carbocycles. The van der Waals surface area contributed by atoms with Gasteiger partial charge in [-0.25, -0.2) is 9.37 Å². The Labute approximate surface area is 185 Å². The number of nitrogens with zero attached hydrogens (tertiary/aromatic N) is 3. The molecule has 162 valence electrons. The number of likely N-dealkylation sites (N-methyl/N-ethyl adjacent to an activating group) is 1. The van der Waals surface area contributed by atoms with Gasteiger partial charge in [0.2, 0.25) is 0 Å². The number of rotatable bonds is 9. The smallest absolute Gasteiger partial charge is 0.266 e. The summed E-state index contributed by atoms with van der Waals surface area (Å²) in [4.78, 5) is 21.1. The number of aromatic nitrogens is 1. The summed E-state index contributed by atoms with van der Waals surface area (Å²) < 4.78 is 25.7. The molecule has 1 aromatic heterocycles. The number of para-hydroxylation sites is 1. The number of hydrogen-bond acceptors (Lipinski definition) is 6. The van der Waals surface area contributed by atoms with E-state index in [1.807, 2.05) is 44.1 Å². The number of anilines is 1. The van der Waals surface area contributed by atoms with Crippen LogP contribution >= 0.6 is 23.7 Å². The van der Waals surface area contributed by atoms with E-state index in [4.69, 9.17) is 9.47 Å². The van der Waals surface area contributed by atoms with Crippen LogP contribution < -0.4 is 14.4 Å². The summed E-state index contributed by atoms with van der Waals surface area (Å²) >= 11 is 1.42. The first-order chi connectivity index (χ1) is 14.0. The summed E-state index contributed by atoms with van der Waals surface area (Å²) in [6, 6.07) is 11.7. The third kappa shape index (κ3) is 6.04. The molecule has 0 bridgehead atoms. The van der Waals surface area contributed by atoms with Crippen LogP contribution in [0.1, 0.15) is 6.92 Å². The highest BCUT2D eigenvalue weighted by atomic mass is 35.5. The fraction of sp³-hybridized carbons (Fsp3) is 0.333. The number of ether oxygens (including phenoxy) is 2. The Morgan fingerprint density at radius 3 is 2.60 bits per heavy atom. The second-order valence-electron chi connectivity index (χ2n) is 6.63. The van der Waals surface area contributed by atoms with Crippen molar-refractivity contribution in [3.8, 4) is 11.5 Å². The van der Waals surface area contributed by atoms with Crippen molar-refractivity contribution in [3.05, 3.63) is 48.3 Å². The van der Waals surface area contributed by atoms with Crippen LogP contribution in [0.3, 0.4) is 0 Å². The predicted octanol–water partition coefficient (Wildman–Crippen LogP) is 4.23. The molecule has 0 fully saturated rings. The quantitative estimate of drug-likeness (QED) is 0.485. The van der Waals surface area contributed by atoms with Gasteiger partial charge < -0.3 is 14.4 Å². The minimum absolute atomic E-state index is 0. The van der Waals surface area contributed by atoms with Gasteiger partial charge in [-0.05, 0) is 51.4 Å². The number of carbonyl (C=O) groups is 1. The molecule has 2 aromatic carbocycles. The standard InChI is InChI=1S/C21H24FN3O3S.ClH/c1-4-27-15-9-10-17-19(13-15)29-21(23-17)25(12-11-24(2)3)20(26)14-28-18-8-6-5-7-16(18)22;/h5-10,13H,4,11-12,14H2,1-3H3;1H. The van der Waals surface area contributed by atoms with Crippen LogP contribution in [-0.4, -0.2) is 56.2 Å². The van der Waals surface area contributed by atoms with Crippen LogP contribution in [0, 0.1) is 5.82 Å². The molecule has 3 aromatic rings. The SMILES string of the molecule is CCOc1ccc2nc(N(CCN(C)C)C(=O)COc3ccccc3F)sc2c1.Cl. The monoisotopic (exact) mass is 453 g/mol. The molecule has 0 N–H and O–H groups in total. The highest BCUT2D eigenvalue weighted by molar-refractivity contribution is 7.22. The molecule has 0 saturated heterocycles. The van der Waals surface area contributed by atoms with Crippen LogP contribution in [0.2, 0.25) is 0 Å². The summed E-state index contributed by atoms with van der Waals surface area (Å²) in [5.74, 6) is 0.0473. The summed E-state index contributed by atoms with van der Waals surface area (Å²) in [6.45, 7) is 3.35. The van der Waals surface area contributed by atoms with E-state index in [2.05, 4.69) is 4.98 Å². The van der Waals surface area contributed by atoms with Crippen molar-refractivity contribution >= 4 is 45.0 Å². The molecule has 0 spiro atoms. The van der Waals surface area contributed by atoms with Gasteiger partial charge in [-0.2, -0.15) is 0 Å². The molecule has 0 radical (unpaired) electrons. The first-order valence-corrected chi connectivity index (χ1v) is 10.2. The van der Waals surface area contributed by atoms with E-state index in [1.54, 1.807) is 17.0 Å². The summed E-state index contributed by atoms with van der Waals surface area (Å²) in [6.07, 6.45) is 0. The van der Waals surface area contributed by atoms with Gasteiger partial charge in [0.05, 0.1) is 16.8 Å². The van der Waals surface area contributed by atoms with E-state index < -0.39 is 5.82 Å². The zero-order valence-corrected chi connectivity index (χ0v) is 18.8. The van der Waals surface area contributed by atoms with E-state index >= 15 is 0 Å². The van der Waals surface area contributed by atoms with Crippen LogP contribution in [0.5, 0.6) is 11.5 Å². The molecular formula is C21H25ClFN3O3S. The van der Waals surface area contributed by atoms with Crippen LogP contribution in [0.4, 0.5) is 9.52 Å². The predicted molar refractivity (Wildman–Crippen MR) is 121 cm³/mol. The van der Waals surface area contributed by atoms with E-state index in [1.165, 1.54) is 23.5 Å². The first-order valence-electron chi connectivity index (χ1n) is 9.33. The Hall–Kier alpha value is -2.42. The van der Waals surface area contributed by atoms with Gasteiger partial charge in [-0.3, -0.25) is 9.69 Å². The number of fused-ring (bicyclic) bond motifs is 1. The fourth-order valence-electron chi connectivity index (χ4n) is 2.67. The fourth-order valence-corrected chi connectivity index (χ4v) is 3.71. The minimum Gasteiger partial charge on any atom is -0.494 e. The Balaban J connectivity index is 0.00000320. The lowest BCUT2D eigenvalue weighted by Gasteiger charge is -2.22. The Morgan fingerprint density at radius 1 is 1.13 bits per heavy atom. The number of thiazole rings is 1. The van der Waals surface area contributed by atoms with Crippen molar-refractivity contribution in [2.45, 2.75) is 6.92 Å². The lowest BCUT2D eigenvalue weighted by atomic mass is 10.3. The van der Waals surface area contributed by atoms with Crippen molar-refractivity contribution in [2.24, 2.45) is 0 Å². The molecule has 1 amide bonds. The van der Waals surface area contributed by atoms with Crippen molar-refractivity contribution in [1.82, 2.24) is 9.88 Å². The topological polar surface area (TPSA) is 54.9 Å². The number of halogens is 2. The third-order valence-corrected chi connectivity index (χ3v) is 5.19. The Kier molecular flexibility index (Phi) is 8.83. The molecule has 30 heavy (non-hydrogen) atoms. The van der Waals surface area contributed by atoms with Gasteiger partial charge in [0.1, 0.15) is 5.75 Å². The normalized spacial score (nSPS) is 10.7. The third-order valence-electron chi connectivity index (χ3n) is 4.15. The maximum Gasteiger partial charge on any atom is 0.266 e. The van der Waals surface area contributed by atoms with Gasteiger partial charge >= 0.3 is 0 Å². The summed E-state index contributed by atoms with van der Waals surface area (Å²) in [5, 5.41) is 0.581. The lowest BCUT2D eigenvalue weighted by molar-refractivity contribution is -0.120. The van der Waals surface area contributed by atoms with Crippen LogP contribution in [0.15, 0.2) is 42.5 Å². The average Bonchev–Trinajstić information content (AvgIpc) is 3.10. The van der Waals surface area contributed by atoms with Crippen molar-refractivity contribution in [1.29, 1.82) is 0 Å². The minimum atomic E-state index is -0.497. The molecule has 1 heterocycles. The second-order valence-corrected chi connectivity index (χ2v) is 7.64. The number of carbonyl (C=O) groups excluding carboxylic acids is 1. The molecule has 0 saturated carbocycles. The summed E-state index contributed by atoms with van der Waals surface area (Å²) in [5.41, 5.74) is 0.797. The molecule has 6 nitrogen and oxygen atoms in total.